The van der Waals surface area contributed by atoms with Gasteiger partial charge < -0.3 is 4.90 Å². The quantitative estimate of drug-likeness (QED) is 0.860. The molecule has 0 aromatic carbocycles. The highest BCUT2D eigenvalue weighted by atomic mass is 32.2. The number of amides is 1. The first-order chi connectivity index (χ1) is 11.0. The maximum atomic E-state index is 12.9. The lowest BCUT2D eigenvalue weighted by atomic mass is 10.1. The molecule has 0 spiro atoms. The lowest BCUT2D eigenvalue weighted by Gasteiger charge is -2.26. The van der Waals surface area contributed by atoms with Crippen LogP contribution in [0.15, 0.2) is 12.3 Å². The van der Waals surface area contributed by atoms with Crippen LogP contribution < -0.4 is 0 Å². The summed E-state index contributed by atoms with van der Waals surface area (Å²) in [6, 6.07) is 2.07. The Kier molecular flexibility index (Phi) is 4.48. The standard InChI is InChI=1S/C16H22N4O2S/c1-4-12(3)20-15-14(10-17-20)13(9-11(2)18-15)16(21)19-5-7-23(22)8-6-19/h9-10,12H,4-8H2,1-3H3. The van der Waals surface area contributed by atoms with Crippen LogP contribution in [0, 0.1) is 6.92 Å². The predicted octanol–water partition coefficient (Wildman–Crippen LogP) is 1.92. The number of carbonyl (C=O) groups is 1. The van der Waals surface area contributed by atoms with E-state index in [4.69, 9.17) is 0 Å². The zero-order valence-corrected chi connectivity index (χ0v) is 14.6. The number of hydrogen-bond donors (Lipinski definition) is 0. The number of pyridine rings is 1. The molecule has 6 nitrogen and oxygen atoms in total. The van der Waals surface area contributed by atoms with Gasteiger partial charge >= 0.3 is 0 Å². The molecule has 0 radical (unpaired) electrons. The monoisotopic (exact) mass is 334 g/mol. The minimum absolute atomic E-state index is 0.0131. The smallest absolute Gasteiger partial charge is 0.254 e. The molecular weight excluding hydrogens is 312 g/mol. The van der Waals surface area contributed by atoms with Crippen LogP contribution >= 0.6 is 0 Å². The normalized spacial score (nSPS) is 17.6. The Hall–Kier alpha value is -1.76. The Morgan fingerprint density at radius 2 is 2.09 bits per heavy atom. The summed E-state index contributed by atoms with van der Waals surface area (Å²) in [5, 5.41) is 5.24. The van der Waals surface area contributed by atoms with Crippen molar-refractivity contribution in [3.63, 3.8) is 0 Å². The molecule has 23 heavy (non-hydrogen) atoms. The van der Waals surface area contributed by atoms with Crippen LogP contribution in [-0.4, -0.2) is 54.4 Å². The summed E-state index contributed by atoms with van der Waals surface area (Å²) in [4.78, 5) is 19.3. The van der Waals surface area contributed by atoms with Gasteiger partial charge in [0.2, 0.25) is 0 Å². The number of carbonyl (C=O) groups excluding carboxylic acids is 1. The zero-order valence-electron chi connectivity index (χ0n) is 13.8. The van der Waals surface area contributed by atoms with Crippen molar-refractivity contribution in [3.8, 4) is 0 Å². The van der Waals surface area contributed by atoms with Crippen LogP contribution in [-0.2, 0) is 10.8 Å². The first kappa shape index (κ1) is 16.1. The average Bonchev–Trinajstić information content (AvgIpc) is 2.97. The maximum absolute atomic E-state index is 12.9. The van der Waals surface area contributed by atoms with Gasteiger partial charge in [-0.05, 0) is 26.3 Å². The van der Waals surface area contributed by atoms with E-state index in [1.54, 1.807) is 11.1 Å². The fraction of sp³-hybridized carbons (Fsp3) is 0.562. The van der Waals surface area contributed by atoms with Crippen molar-refractivity contribution in [1.82, 2.24) is 19.7 Å². The van der Waals surface area contributed by atoms with E-state index >= 15 is 0 Å². The molecule has 0 saturated carbocycles. The van der Waals surface area contributed by atoms with Gasteiger partial charge in [0.25, 0.3) is 5.91 Å². The highest BCUT2D eigenvalue weighted by Crippen LogP contribution is 2.23. The zero-order chi connectivity index (χ0) is 16.6. The number of fused-ring (bicyclic) bond motifs is 1. The molecule has 7 heteroatoms. The lowest BCUT2D eigenvalue weighted by Crippen LogP contribution is -2.41. The highest BCUT2D eigenvalue weighted by Gasteiger charge is 2.24. The Balaban J connectivity index is 2.02. The molecule has 124 valence electrons. The van der Waals surface area contributed by atoms with Gasteiger partial charge in [0.1, 0.15) is 0 Å². The van der Waals surface area contributed by atoms with E-state index in [0.29, 0.717) is 30.2 Å². The van der Waals surface area contributed by atoms with Crippen molar-refractivity contribution in [1.29, 1.82) is 0 Å². The van der Waals surface area contributed by atoms with Crippen LogP contribution in [0.5, 0.6) is 0 Å². The molecule has 0 bridgehead atoms. The van der Waals surface area contributed by atoms with E-state index in [2.05, 4.69) is 23.9 Å². The molecule has 0 N–H and O–H groups in total. The second-order valence-corrected chi connectivity index (χ2v) is 7.73. The second-order valence-electron chi connectivity index (χ2n) is 6.04. The number of nitrogens with zero attached hydrogens (tertiary/aromatic N) is 4. The summed E-state index contributed by atoms with van der Waals surface area (Å²) in [6.07, 6.45) is 2.69. The molecule has 1 aliphatic rings. The van der Waals surface area contributed by atoms with Crippen molar-refractivity contribution >= 4 is 27.7 Å². The van der Waals surface area contributed by atoms with Gasteiger partial charge in [-0.2, -0.15) is 5.10 Å². The van der Waals surface area contributed by atoms with E-state index in [0.717, 1.165) is 23.1 Å². The molecule has 1 unspecified atom stereocenters. The maximum Gasteiger partial charge on any atom is 0.254 e. The molecule has 1 atom stereocenters. The molecule has 2 aromatic heterocycles. The molecule has 3 rings (SSSR count). The van der Waals surface area contributed by atoms with Gasteiger partial charge in [0.05, 0.1) is 23.2 Å². The third-order valence-electron chi connectivity index (χ3n) is 4.40. The average molecular weight is 334 g/mol. The van der Waals surface area contributed by atoms with Gasteiger partial charge in [-0.3, -0.25) is 9.00 Å². The minimum Gasteiger partial charge on any atom is -0.337 e. The molecule has 3 heterocycles. The topological polar surface area (TPSA) is 68.1 Å². The molecule has 2 aromatic rings. The fourth-order valence-electron chi connectivity index (χ4n) is 2.83. The van der Waals surface area contributed by atoms with Gasteiger partial charge in [-0.15, -0.1) is 0 Å². The third-order valence-corrected chi connectivity index (χ3v) is 5.67. The summed E-state index contributed by atoms with van der Waals surface area (Å²) in [6.45, 7) is 7.20. The highest BCUT2D eigenvalue weighted by molar-refractivity contribution is 7.85. The van der Waals surface area contributed by atoms with Gasteiger partial charge in [0, 0.05) is 41.1 Å². The second kappa shape index (κ2) is 6.39. The van der Waals surface area contributed by atoms with E-state index in [1.165, 1.54) is 0 Å². The Bertz CT molecular complexity index is 761. The van der Waals surface area contributed by atoms with Crippen molar-refractivity contribution in [2.75, 3.05) is 24.6 Å². The third kappa shape index (κ3) is 3.02. The first-order valence-corrected chi connectivity index (χ1v) is 9.49. The Labute approximate surface area is 138 Å². The fourth-order valence-corrected chi connectivity index (χ4v) is 3.88. The van der Waals surface area contributed by atoms with Crippen LogP contribution in [0.3, 0.4) is 0 Å². The SMILES string of the molecule is CCC(C)n1ncc2c(C(=O)N3CCS(=O)CC3)cc(C)nc21. The van der Waals surface area contributed by atoms with E-state index in [1.807, 2.05) is 17.7 Å². The first-order valence-electron chi connectivity index (χ1n) is 8.00. The van der Waals surface area contributed by atoms with E-state index in [-0.39, 0.29) is 11.9 Å². The summed E-state index contributed by atoms with van der Waals surface area (Å²) in [5.74, 6) is 1.11. The lowest BCUT2D eigenvalue weighted by molar-refractivity contribution is 0.0773. The largest absolute Gasteiger partial charge is 0.337 e. The van der Waals surface area contributed by atoms with Crippen LogP contribution in [0.4, 0.5) is 0 Å². The molecule has 1 fully saturated rings. The Morgan fingerprint density at radius 3 is 2.74 bits per heavy atom. The van der Waals surface area contributed by atoms with Crippen LogP contribution in [0.25, 0.3) is 11.0 Å². The predicted molar refractivity (Wildman–Crippen MR) is 91.0 cm³/mol. The van der Waals surface area contributed by atoms with Gasteiger partial charge in [-0.1, -0.05) is 6.92 Å². The molecule has 1 amide bonds. The van der Waals surface area contributed by atoms with Gasteiger partial charge in [-0.25, -0.2) is 9.67 Å². The number of aromatic nitrogens is 3. The molecular formula is C16H22N4O2S. The summed E-state index contributed by atoms with van der Waals surface area (Å²) in [5.41, 5.74) is 2.23. The van der Waals surface area contributed by atoms with Crippen molar-refractivity contribution in [3.05, 3.63) is 23.5 Å². The van der Waals surface area contributed by atoms with E-state index < -0.39 is 10.8 Å². The number of rotatable bonds is 3. The van der Waals surface area contributed by atoms with Crippen molar-refractivity contribution in [2.45, 2.75) is 33.2 Å². The summed E-state index contributed by atoms with van der Waals surface area (Å²) < 4.78 is 13.4. The van der Waals surface area contributed by atoms with Crippen molar-refractivity contribution in [2.24, 2.45) is 0 Å². The molecule has 1 aliphatic heterocycles. The minimum atomic E-state index is -0.791. The Morgan fingerprint density at radius 1 is 1.39 bits per heavy atom. The summed E-state index contributed by atoms with van der Waals surface area (Å²) in [7, 11) is -0.791. The van der Waals surface area contributed by atoms with E-state index in [9.17, 15) is 9.00 Å². The molecule has 1 saturated heterocycles. The number of aryl methyl sites for hydroxylation is 1. The van der Waals surface area contributed by atoms with Gasteiger partial charge in [0.15, 0.2) is 5.65 Å². The number of hydrogen-bond acceptors (Lipinski definition) is 4. The summed E-state index contributed by atoms with van der Waals surface area (Å²) >= 11 is 0. The van der Waals surface area contributed by atoms with Crippen molar-refractivity contribution < 1.29 is 9.00 Å². The van der Waals surface area contributed by atoms with Crippen LogP contribution in [0.1, 0.15) is 42.4 Å². The van der Waals surface area contributed by atoms with Crippen LogP contribution in [0.2, 0.25) is 0 Å². The molecule has 0 aliphatic carbocycles.